The van der Waals surface area contributed by atoms with Gasteiger partial charge in [-0.25, -0.2) is 12.7 Å². The van der Waals surface area contributed by atoms with Crippen LogP contribution < -0.4 is 5.32 Å². The molecular formula is C20H21Cl3N2O3S. The van der Waals surface area contributed by atoms with Crippen molar-refractivity contribution in [1.82, 2.24) is 9.62 Å². The molecule has 3 rings (SSSR count). The summed E-state index contributed by atoms with van der Waals surface area (Å²) in [6, 6.07) is 11.9. The summed E-state index contributed by atoms with van der Waals surface area (Å²) in [6.07, 6.45) is 0.972. The predicted molar refractivity (Wildman–Crippen MR) is 117 cm³/mol. The molecule has 2 aromatic rings. The van der Waals surface area contributed by atoms with Gasteiger partial charge in [-0.1, -0.05) is 53.0 Å². The van der Waals surface area contributed by atoms with Gasteiger partial charge < -0.3 is 5.32 Å². The Morgan fingerprint density at radius 1 is 1.00 bits per heavy atom. The average Bonchev–Trinajstić information content (AvgIpc) is 2.69. The van der Waals surface area contributed by atoms with Gasteiger partial charge in [0.25, 0.3) is 0 Å². The van der Waals surface area contributed by atoms with E-state index in [1.54, 1.807) is 42.5 Å². The number of halogens is 3. The monoisotopic (exact) mass is 474 g/mol. The fraction of sp³-hybridized carbons (Fsp3) is 0.350. The van der Waals surface area contributed by atoms with E-state index >= 15 is 0 Å². The van der Waals surface area contributed by atoms with Gasteiger partial charge in [-0.2, -0.15) is 0 Å². The van der Waals surface area contributed by atoms with Crippen LogP contribution >= 0.6 is 34.8 Å². The van der Waals surface area contributed by atoms with Gasteiger partial charge in [0.05, 0.1) is 5.75 Å². The molecule has 9 heteroatoms. The lowest BCUT2D eigenvalue weighted by Gasteiger charge is -2.30. The van der Waals surface area contributed by atoms with Crippen LogP contribution in [-0.2, 0) is 27.1 Å². The van der Waals surface area contributed by atoms with E-state index in [4.69, 9.17) is 34.8 Å². The molecule has 5 nitrogen and oxygen atoms in total. The standard InChI is InChI=1S/C20H21Cl3N2O3S/c21-17-4-1-14(2-5-17)13-29(27,28)25-9-7-15(8-10-25)20(26)24-12-16-3-6-18(22)11-19(16)23/h1-6,11,15H,7-10,12-13H2,(H,24,26). The lowest BCUT2D eigenvalue weighted by atomic mass is 9.97. The summed E-state index contributed by atoms with van der Waals surface area (Å²) in [5.41, 5.74) is 1.47. The van der Waals surface area contributed by atoms with E-state index < -0.39 is 10.0 Å². The molecule has 1 saturated heterocycles. The van der Waals surface area contributed by atoms with Gasteiger partial charge in [-0.3, -0.25) is 4.79 Å². The highest BCUT2D eigenvalue weighted by molar-refractivity contribution is 7.88. The number of hydrogen-bond donors (Lipinski definition) is 1. The molecule has 1 heterocycles. The smallest absolute Gasteiger partial charge is 0.223 e. The molecule has 0 aliphatic carbocycles. The maximum absolute atomic E-state index is 12.7. The van der Waals surface area contributed by atoms with Crippen LogP contribution in [0.3, 0.4) is 0 Å². The number of nitrogens with zero attached hydrogens (tertiary/aromatic N) is 1. The van der Waals surface area contributed by atoms with Gasteiger partial charge in [0, 0.05) is 40.6 Å². The average molecular weight is 476 g/mol. The van der Waals surface area contributed by atoms with Gasteiger partial charge in [0.2, 0.25) is 15.9 Å². The molecular weight excluding hydrogens is 455 g/mol. The van der Waals surface area contributed by atoms with Crippen LogP contribution in [0.2, 0.25) is 15.1 Å². The summed E-state index contributed by atoms with van der Waals surface area (Å²) in [5, 5.41) is 4.49. The minimum absolute atomic E-state index is 0.0733. The van der Waals surface area contributed by atoms with Crippen LogP contribution in [-0.4, -0.2) is 31.7 Å². The summed E-state index contributed by atoms with van der Waals surface area (Å²) >= 11 is 17.9. The third-order valence-electron chi connectivity index (χ3n) is 4.95. The Bertz CT molecular complexity index is 973. The lowest BCUT2D eigenvalue weighted by Crippen LogP contribution is -2.43. The van der Waals surface area contributed by atoms with Crippen molar-refractivity contribution in [2.24, 2.45) is 5.92 Å². The van der Waals surface area contributed by atoms with E-state index in [0.29, 0.717) is 53.1 Å². The highest BCUT2D eigenvalue weighted by Gasteiger charge is 2.31. The molecule has 1 amide bonds. The Morgan fingerprint density at radius 2 is 1.62 bits per heavy atom. The van der Waals surface area contributed by atoms with E-state index in [1.807, 2.05) is 0 Å². The minimum atomic E-state index is -3.43. The Balaban J connectivity index is 1.51. The third-order valence-corrected chi connectivity index (χ3v) is 7.64. The highest BCUT2D eigenvalue weighted by atomic mass is 35.5. The predicted octanol–water partition coefficient (Wildman–Crippen LogP) is 4.51. The topological polar surface area (TPSA) is 66.5 Å². The molecule has 0 spiro atoms. The third kappa shape index (κ3) is 6.09. The largest absolute Gasteiger partial charge is 0.352 e. The second kappa shape index (κ2) is 9.67. The van der Waals surface area contributed by atoms with Crippen LogP contribution in [0, 0.1) is 5.92 Å². The molecule has 1 aliphatic heterocycles. The summed E-state index contributed by atoms with van der Waals surface area (Å²) < 4.78 is 26.8. The number of nitrogens with one attached hydrogen (secondary N) is 1. The number of carbonyl (C=O) groups excluding carboxylic acids is 1. The maximum Gasteiger partial charge on any atom is 0.223 e. The first-order chi connectivity index (χ1) is 13.7. The molecule has 0 bridgehead atoms. The summed E-state index contributed by atoms with van der Waals surface area (Å²) in [4.78, 5) is 12.5. The molecule has 2 aromatic carbocycles. The highest BCUT2D eigenvalue weighted by Crippen LogP contribution is 2.24. The molecule has 0 atom stereocenters. The SMILES string of the molecule is O=C(NCc1ccc(Cl)cc1Cl)C1CCN(S(=O)(=O)Cc2ccc(Cl)cc2)CC1. The molecule has 156 valence electrons. The van der Waals surface area contributed by atoms with Gasteiger partial charge in [-0.05, 0) is 48.2 Å². The zero-order valence-electron chi connectivity index (χ0n) is 15.6. The fourth-order valence-electron chi connectivity index (χ4n) is 3.27. The van der Waals surface area contributed by atoms with Gasteiger partial charge in [-0.15, -0.1) is 0 Å². The Morgan fingerprint density at radius 3 is 2.24 bits per heavy atom. The second-order valence-corrected chi connectivity index (χ2v) is 10.3. The molecule has 29 heavy (non-hydrogen) atoms. The molecule has 0 unspecified atom stereocenters. The normalized spacial score (nSPS) is 16.0. The summed E-state index contributed by atoms with van der Waals surface area (Å²) in [7, 11) is -3.43. The second-order valence-electron chi connectivity index (χ2n) is 7.01. The van der Waals surface area contributed by atoms with Crippen molar-refractivity contribution < 1.29 is 13.2 Å². The number of benzene rings is 2. The van der Waals surface area contributed by atoms with Crippen molar-refractivity contribution in [2.45, 2.75) is 25.1 Å². The summed E-state index contributed by atoms with van der Waals surface area (Å²) in [5.74, 6) is -0.385. The van der Waals surface area contributed by atoms with Crippen molar-refractivity contribution >= 4 is 50.7 Å². The van der Waals surface area contributed by atoms with Crippen molar-refractivity contribution in [3.05, 3.63) is 68.7 Å². The zero-order chi connectivity index (χ0) is 21.0. The van der Waals surface area contributed by atoms with Crippen LogP contribution in [0.4, 0.5) is 0 Å². The number of piperidine rings is 1. The first-order valence-electron chi connectivity index (χ1n) is 9.18. The van der Waals surface area contributed by atoms with Gasteiger partial charge in [0.1, 0.15) is 0 Å². The van der Waals surface area contributed by atoms with Crippen LogP contribution in [0.25, 0.3) is 0 Å². The Hall–Kier alpha value is -1.31. The number of rotatable bonds is 6. The Kier molecular flexibility index (Phi) is 7.46. The van der Waals surface area contributed by atoms with E-state index in [2.05, 4.69) is 5.32 Å². The molecule has 0 saturated carbocycles. The molecule has 1 N–H and O–H groups in total. The van der Waals surface area contributed by atoms with Gasteiger partial charge >= 0.3 is 0 Å². The van der Waals surface area contributed by atoms with Crippen LogP contribution in [0.15, 0.2) is 42.5 Å². The number of carbonyl (C=O) groups is 1. The van der Waals surface area contributed by atoms with Crippen LogP contribution in [0.1, 0.15) is 24.0 Å². The number of sulfonamides is 1. The molecule has 1 fully saturated rings. The maximum atomic E-state index is 12.7. The molecule has 0 radical (unpaired) electrons. The van der Waals surface area contributed by atoms with E-state index in [9.17, 15) is 13.2 Å². The zero-order valence-corrected chi connectivity index (χ0v) is 18.7. The van der Waals surface area contributed by atoms with Crippen molar-refractivity contribution in [1.29, 1.82) is 0 Å². The molecule has 1 aliphatic rings. The van der Waals surface area contributed by atoms with E-state index in [-0.39, 0.29) is 17.6 Å². The number of hydrogen-bond acceptors (Lipinski definition) is 3. The Labute approximate surface area is 186 Å². The van der Waals surface area contributed by atoms with Crippen molar-refractivity contribution in [2.75, 3.05) is 13.1 Å². The number of amides is 1. The summed E-state index contributed by atoms with van der Waals surface area (Å²) in [6.45, 7) is 0.968. The van der Waals surface area contributed by atoms with Crippen molar-refractivity contribution in [3.63, 3.8) is 0 Å². The first-order valence-corrected chi connectivity index (χ1v) is 11.9. The van der Waals surface area contributed by atoms with Crippen molar-refractivity contribution in [3.8, 4) is 0 Å². The van der Waals surface area contributed by atoms with Gasteiger partial charge in [0.15, 0.2) is 0 Å². The minimum Gasteiger partial charge on any atom is -0.352 e. The first kappa shape index (κ1) is 22.4. The molecule has 0 aromatic heterocycles. The quantitative estimate of drug-likeness (QED) is 0.669. The van der Waals surface area contributed by atoms with Crippen LogP contribution in [0.5, 0.6) is 0 Å². The van der Waals surface area contributed by atoms with E-state index in [1.165, 1.54) is 4.31 Å². The lowest BCUT2D eigenvalue weighted by molar-refractivity contribution is -0.126. The fourth-order valence-corrected chi connectivity index (χ4v) is 5.44. The van der Waals surface area contributed by atoms with E-state index in [0.717, 1.165) is 5.56 Å².